The molecule has 0 spiro atoms. The lowest BCUT2D eigenvalue weighted by atomic mass is 10.1. The van der Waals surface area contributed by atoms with Crippen molar-refractivity contribution in [2.75, 3.05) is 6.61 Å². The van der Waals surface area contributed by atoms with Gasteiger partial charge >= 0.3 is 0 Å². The Bertz CT molecular complexity index is 393. The number of ether oxygens (including phenoxy) is 1. The van der Waals surface area contributed by atoms with Gasteiger partial charge in [-0.3, -0.25) is 4.79 Å². The molecule has 0 aliphatic heterocycles. The Labute approximate surface area is 98.8 Å². The van der Waals surface area contributed by atoms with Crippen LogP contribution in [0.5, 0.6) is 5.75 Å². The second kappa shape index (κ2) is 5.12. The lowest BCUT2D eigenvalue weighted by molar-refractivity contribution is -0.124. The lowest BCUT2D eigenvalue weighted by Crippen LogP contribution is -2.43. The molecule has 0 atom stereocenters. The van der Waals surface area contributed by atoms with Gasteiger partial charge in [-0.25, -0.2) is 8.78 Å². The molecule has 0 saturated carbocycles. The first-order valence-corrected chi connectivity index (χ1v) is 5.16. The fourth-order valence-electron chi connectivity index (χ4n) is 1.22. The number of hydrogen-bond acceptors (Lipinski definition) is 2. The maximum atomic E-state index is 12.8. The van der Waals surface area contributed by atoms with Crippen molar-refractivity contribution in [3.63, 3.8) is 0 Å². The normalized spacial score (nSPS) is 11.1. The Morgan fingerprint density at radius 1 is 1.24 bits per heavy atom. The molecule has 3 nitrogen and oxygen atoms in total. The monoisotopic (exact) mass is 243 g/mol. The third-order valence-electron chi connectivity index (χ3n) is 1.72. The van der Waals surface area contributed by atoms with Crippen LogP contribution in [0.4, 0.5) is 8.78 Å². The minimum absolute atomic E-state index is 0.00782. The SMILES string of the molecule is CC(C)(C)NC(=O)COc1cc(F)cc(F)c1. The molecule has 1 rings (SSSR count). The lowest BCUT2D eigenvalue weighted by Gasteiger charge is -2.20. The number of carbonyl (C=O) groups is 1. The number of nitrogens with one attached hydrogen (secondary N) is 1. The standard InChI is InChI=1S/C12H15F2NO2/c1-12(2,3)15-11(16)7-17-10-5-8(13)4-9(14)6-10/h4-6H,7H2,1-3H3,(H,15,16). The molecule has 1 N–H and O–H groups in total. The summed E-state index contributed by atoms with van der Waals surface area (Å²) in [5.74, 6) is -1.83. The summed E-state index contributed by atoms with van der Waals surface area (Å²) in [4.78, 5) is 11.4. The van der Waals surface area contributed by atoms with Crippen molar-refractivity contribution in [3.05, 3.63) is 29.8 Å². The molecule has 0 radical (unpaired) electrons. The van der Waals surface area contributed by atoms with Crippen LogP contribution in [0.2, 0.25) is 0 Å². The molecule has 0 aromatic heterocycles. The van der Waals surface area contributed by atoms with Gasteiger partial charge in [0.1, 0.15) is 17.4 Å². The number of halogens is 2. The second-order valence-electron chi connectivity index (χ2n) is 4.69. The van der Waals surface area contributed by atoms with Crippen molar-refractivity contribution in [2.45, 2.75) is 26.3 Å². The second-order valence-corrected chi connectivity index (χ2v) is 4.69. The Morgan fingerprint density at radius 2 is 1.76 bits per heavy atom. The van der Waals surface area contributed by atoms with E-state index in [0.29, 0.717) is 0 Å². The van der Waals surface area contributed by atoms with Crippen molar-refractivity contribution in [1.29, 1.82) is 0 Å². The average Bonchev–Trinajstić information content (AvgIpc) is 2.10. The van der Waals surface area contributed by atoms with E-state index < -0.39 is 11.6 Å². The first-order valence-electron chi connectivity index (χ1n) is 5.16. The van der Waals surface area contributed by atoms with Crippen LogP contribution in [0.15, 0.2) is 18.2 Å². The number of rotatable bonds is 3. The molecule has 1 aromatic rings. The van der Waals surface area contributed by atoms with Gasteiger partial charge in [-0.05, 0) is 20.8 Å². The van der Waals surface area contributed by atoms with Gasteiger partial charge < -0.3 is 10.1 Å². The fraction of sp³-hybridized carbons (Fsp3) is 0.417. The quantitative estimate of drug-likeness (QED) is 0.884. The van der Waals surface area contributed by atoms with Crippen LogP contribution < -0.4 is 10.1 Å². The molecule has 17 heavy (non-hydrogen) atoms. The Balaban J connectivity index is 2.53. The largest absolute Gasteiger partial charge is 0.484 e. The van der Waals surface area contributed by atoms with Crippen LogP contribution >= 0.6 is 0 Å². The maximum absolute atomic E-state index is 12.8. The van der Waals surface area contributed by atoms with Crippen molar-refractivity contribution in [3.8, 4) is 5.75 Å². The van der Waals surface area contributed by atoms with Gasteiger partial charge in [0, 0.05) is 23.7 Å². The van der Waals surface area contributed by atoms with Gasteiger partial charge in [-0.1, -0.05) is 0 Å². The number of carbonyl (C=O) groups excluding carboxylic acids is 1. The van der Waals surface area contributed by atoms with E-state index in [2.05, 4.69) is 5.32 Å². The molecule has 94 valence electrons. The molecule has 1 aromatic carbocycles. The Morgan fingerprint density at radius 3 is 2.24 bits per heavy atom. The zero-order valence-corrected chi connectivity index (χ0v) is 10.0. The minimum atomic E-state index is -0.740. The van der Waals surface area contributed by atoms with Gasteiger partial charge in [0.05, 0.1) is 0 Å². The fourth-order valence-corrected chi connectivity index (χ4v) is 1.22. The van der Waals surface area contributed by atoms with Crippen LogP contribution in [0.25, 0.3) is 0 Å². The van der Waals surface area contributed by atoms with Crippen LogP contribution in [-0.4, -0.2) is 18.1 Å². The molecule has 0 heterocycles. The summed E-state index contributed by atoms with van der Waals surface area (Å²) in [6.45, 7) is 5.20. The molecule has 0 saturated heterocycles. The van der Waals surface area contributed by atoms with Crippen LogP contribution in [0, 0.1) is 11.6 Å². The van der Waals surface area contributed by atoms with E-state index in [4.69, 9.17) is 4.74 Å². The average molecular weight is 243 g/mol. The first-order chi connectivity index (χ1) is 7.76. The van der Waals surface area contributed by atoms with E-state index in [1.807, 2.05) is 20.8 Å². The summed E-state index contributed by atoms with van der Waals surface area (Å²) in [6.07, 6.45) is 0. The van der Waals surface area contributed by atoms with Gasteiger partial charge in [0.15, 0.2) is 6.61 Å². The molecule has 1 amide bonds. The van der Waals surface area contributed by atoms with Crippen molar-refractivity contribution in [2.24, 2.45) is 0 Å². The Hall–Kier alpha value is -1.65. The summed E-state index contributed by atoms with van der Waals surface area (Å²) in [7, 11) is 0. The van der Waals surface area contributed by atoms with Crippen LogP contribution in [0.3, 0.4) is 0 Å². The summed E-state index contributed by atoms with van der Waals surface area (Å²) in [6, 6.07) is 2.78. The number of benzene rings is 1. The van der Waals surface area contributed by atoms with Gasteiger partial charge in [-0.2, -0.15) is 0 Å². The molecule has 0 bridgehead atoms. The third-order valence-corrected chi connectivity index (χ3v) is 1.72. The summed E-state index contributed by atoms with van der Waals surface area (Å²) < 4.78 is 30.6. The molecule has 5 heteroatoms. The zero-order valence-electron chi connectivity index (χ0n) is 10.0. The zero-order chi connectivity index (χ0) is 13.1. The third kappa shape index (κ3) is 5.29. The van der Waals surface area contributed by atoms with E-state index in [9.17, 15) is 13.6 Å². The molecule has 0 aliphatic carbocycles. The van der Waals surface area contributed by atoms with E-state index in [1.165, 1.54) is 0 Å². The minimum Gasteiger partial charge on any atom is -0.484 e. The molecule has 0 unspecified atom stereocenters. The number of amides is 1. The summed E-state index contributed by atoms with van der Waals surface area (Å²) in [5, 5.41) is 2.67. The smallest absolute Gasteiger partial charge is 0.258 e. The van der Waals surface area contributed by atoms with Crippen molar-refractivity contribution < 1.29 is 18.3 Å². The highest BCUT2D eigenvalue weighted by atomic mass is 19.1. The Kier molecular flexibility index (Phi) is 4.04. The van der Waals surface area contributed by atoms with E-state index in [1.54, 1.807) is 0 Å². The maximum Gasteiger partial charge on any atom is 0.258 e. The van der Waals surface area contributed by atoms with Crippen LogP contribution in [-0.2, 0) is 4.79 Å². The molecular weight excluding hydrogens is 228 g/mol. The highest BCUT2D eigenvalue weighted by molar-refractivity contribution is 5.78. The first kappa shape index (κ1) is 13.4. The predicted molar refractivity (Wildman–Crippen MR) is 59.7 cm³/mol. The van der Waals surface area contributed by atoms with E-state index in [-0.39, 0.29) is 23.8 Å². The van der Waals surface area contributed by atoms with Crippen molar-refractivity contribution in [1.82, 2.24) is 5.32 Å². The van der Waals surface area contributed by atoms with E-state index >= 15 is 0 Å². The summed E-state index contributed by atoms with van der Waals surface area (Å²) in [5.41, 5.74) is -0.367. The molecule has 0 fully saturated rings. The van der Waals surface area contributed by atoms with E-state index in [0.717, 1.165) is 18.2 Å². The van der Waals surface area contributed by atoms with Gasteiger partial charge in [0.2, 0.25) is 0 Å². The summed E-state index contributed by atoms with van der Waals surface area (Å²) >= 11 is 0. The highest BCUT2D eigenvalue weighted by Gasteiger charge is 2.14. The van der Waals surface area contributed by atoms with Crippen molar-refractivity contribution >= 4 is 5.91 Å². The predicted octanol–water partition coefficient (Wildman–Crippen LogP) is 2.26. The number of hydrogen-bond donors (Lipinski definition) is 1. The van der Waals surface area contributed by atoms with Crippen LogP contribution in [0.1, 0.15) is 20.8 Å². The van der Waals surface area contributed by atoms with Gasteiger partial charge in [0.25, 0.3) is 5.91 Å². The van der Waals surface area contributed by atoms with Gasteiger partial charge in [-0.15, -0.1) is 0 Å². The molecular formula is C12H15F2NO2. The molecule has 0 aliphatic rings. The highest BCUT2D eigenvalue weighted by Crippen LogP contribution is 2.15. The topological polar surface area (TPSA) is 38.3 Å².